The first kappa shape index (κ1) is 22.7. The minimum Gasteiger partial charge on any atom is -0.377 e. The Kier molecular flexibility index (Phi) is 6.42. The van der Waals surface area contributed by atoms with Crippen LogP contribution in [0.3, 0.4) is 0 Å². The van der Waals surface area contributed by atoms with Crippen LogP contribution in [0, 0.1) is 12.3 Å². The Morgan fingerprint density at radius 3 is 2.39 bits per heavy atom. The lowest BCUT2D eigenvalue weighted by atomic mass is 9.73. The van der Waals surface area contributed by atoms with Gasteiger partial charge in [0.05, 0.1) is 29.8 Å². The Labute approximate surface area is 197 Å². The lowest BCUT2D eigenvalue weighted by molar-refractivity contribution is -0.00461. The summed E-state index contributed by atoms with van der Waals surface area (Å²) in [5, 5.41) is 17.0. The third-order valence-corrected chi connectivity index (χ3v) is 7.79. The molecule has 3 fully saturated rings. The predicted molar refractivity (Wildman–Crippen MR) is 128 cm³/mol. The van der Waals surface area contributed by atoms with Gasteiger partial charge in [-0.1, -0.05) is 6.92 Å². The van der Waals surface area contributed by atoms with Crippen molar-refractivity contribution in [3.05, 3.63) is 29.7 Å². The van der Waals surface area contributed by atoms with Gasteiger partial charge in [0.2, 0.25) is 0 Å². The molecule has 1 aliphatic heterocycles. The molecule has 0 radical (unpaired) electrons. The van der Waals surface area contributed by atoms with Crippen LogP contribution in [-0.4, -0.2) is 77.0 Å². The molecule has 2 aromatic rings. The normalized spacial score (nSPS) is 30.6. The Hall–Kier alpha value is -2.03. The Morgan fingerprint density at radius 2 is 1.76 bits per heavy atom. The number of ether oxygens (including phenoxy) is 2. The number of anilines is 1. The maximum atomic E-state index is 5.62. The van der Waals surface area contributed by atoms with Gasteiger partial charge in [0.15, 0.2) is 5.82 Å². The summed E-state index contributed by atoms with van der Waals surface area (Å²) in [6, 6.07) is 4.73. The van der Waals surface area contributed by atoms with Gasteiger partial charge in [-0.15, -0.1) is 5.10 Å². The summed E-state index contributed by atoms with van der Waals surface area (Å²) in [5.74, 6) is 1.49. The van der Waals surface area contributed by atoms with E-state index in [9.17, 15) is 0 Å². The fraction of sp³-hybridized carbons (Fsp3) is 0.720. The highest BCUT2D eigenvalue weighted by molar-refractivity contribution is 5.44. The van der Waals surface area contributed by atoms with Crippen molar-refractivity contribution in [2.24, 2.45) is 5.41 Å². The van der Waals surface area contributed by atoms with Gasteiger partial charge in [-0.05, 0) is 56.9 Å². The van der Waals surface area contributed by atoms with Gasteiger partial charge in [-0.25, -0.2) is 4.68 Å². The monoisotopic (exact) mass is 454 g/mol. The topological polar surface area (TPSA) is 77.3 Å². The van der Waals surface area contributed by atoms with Gasteiger partial charge in [-0.2, -0.15) is 10.2 Å². The van der Waals surface area contributed by atoms with E-state index in [0.29, 0.717) is 17.4 Å². The van der Waals surface area contributed by atoms with Gasteiger partial charge in [-0.3, -0.25) is 4.90 Å². The zero-order valence-corrected chi connectivity index (χ0v) is 20.5. The molecule has 0 unspecified atom stereocenters. The lowest BCUT2D eigenvalue weighted by Gasteiger charge is -2.40. The van der Waals surface area contributed by atoms with Crippen molar-refractivity contribution < 1.29 is 9.47 Å². The maximum absolute atomic E-state index is 5.62. The molecule has 2 aromatic heterocycles. The van der Waals surface area contributed by atoms with Gasteiger partial charge < -0.3 is 14.8 Å². The highest BCUT2D eigenvalue weighted by Gasteiger charge is 2.38. The molecule has 0 aromatic carbocycles. The largest absolute Gasteiger partial charge is 0.377 e. The standard InChI is InChI=1S/C25H38N6O2/c1-17-11-21(18-5-6-18)31(29-17)20-12-24(28-26-13-20)27-19-7-9-25(2,10-8-19)16-30-14-22(32-3)23(15-30)33-4/h11-13,18-19,22-23H,5-10,14-16H2,1-4H3,(H,27,28)/t19?,22-,23-,25?/m1/s1. The third-order valence-electron chi connectivity index (χ3n) is 7.79. The Morgan fingerprint density at radius 1 is 1.06 bits per heavy atom. The quantitative estimate of drug-likeness (QED) is 0.653. The number of hydrogen-bond acceptors (Lipinski definition) is 7. The molecule has 3 aliphatic rings. The zero-order chi connectivity index (χ0) is 23.0. The minimum absolute atomic E-state index is 0.182. The summed E-state index contributed by atoms with van der Waals surface area (Å²) >= 11 is 0. The molecule has 2 aliphatic carbocycles. The molecule has 1 saturated heterocycles. The van der Waals surface area contributed by atoms with Crippen molar-refractivity contribution >= 4 is 5.82 Å². The fourth-order valence-corrected chi connectivity index (χ4v) is 5.71. The molecular weight excluding hydrogens is 416 g/mol. The summed E-state index contributed by atoms with van der Waals surface area (Å²) in [6.07, 6.45) is 9.39. The van der Waals surface area contributed by atoms with Crippen molar-refractivity contribution in [3.8, 4) is 5.69 Å². The van der Waals surface area contributed by atoms with Crippen molar-refractivity contribution in [3.63, 3.8) is 0 Å². The van der Waals surface area contributed by atoms with E-state index < -0.39 is 0 Å². The summed E-state index contributed by atoms with van der Waals surface area (Å²) in [5.41, 5.74) is 3.69. The van der Waals surface area contributed by atoms with Crippen LogP contribution in [0.15, 0.2) is 18.3 Å². The third kappa shape index (κ3) is 5.08. The molecule has 0 bridgehead atoms. The summed E-state index contributed by atoms with van der Waals surface area (Å²) in [6.45, 7) is 7.53. The van der Waals surface area contributed by atoms with Gasteiger partial charge in [0.1, 0.15) is 0 Å². The van der Waals surface area contributed by atoms with E-state index in [1.165, 1.54) is 31.4 Å². The zero-order valence-electron chi connectivity index (χ0n) is 20.5. The van der Waals surface area contributed by atoms with Crippen molar-refractivity contribution in [2.75, 3.05) is 39.2 Å². The molecule has 0 amide bonds. The van der Waals surface area contributed by atoms with Gasteiger partial charge >= 0.3 is 0 Å². The molecule has 5 rings (SSSR count). The SMILES string of the molecule is CO[C@@H]1CN(CC2(C)CCC(Nc3cc(-n4nc(C)cc4C4CC4)cnn3)CC2)C[C@H]1OC. The number of hydrogen-bond donors (Lipinski definition) is 1. The van der Waals surface area contributed by atoms with Crippen molar-refractivity contribution in [1.29, 1.82) is 0 Å². The molecule has 0 spiro atoms. The van der Waals surface area contributed by atoms with Crippen LogP contribution in [0.4, 0.5) is 5.82 Å². The second-order valence-electron chi connectivity index (χ2n) is 10.7. The Balaban J connectivity index is 1.18. The summed E-state index contributed by atoms with van der Waals surface area (Å²) < 4.78 is 13.3. The first-order valence-corrected chi connectivity index (χ1v) is 12.4. The predicted octanol–water partition coefficient (Wildman–Crippen LogP) is 3.55. The Bertz CT molecular complexity index is 938. The highest BCUT2D eigenvalue weighted by atomic mass is 16.5. The molecule has 1 N–H and O–H groups in total. The molecule has 180 valence electrons. The smallest absolute Gasteiger partial charge is 0.151 e. The number of aromatic nitrogens is 4. The van der Waals surface area contributed by atoms with E-state index in [1.54, 1.807) is 14.2 Å². The van der Waals surface area contributed by atoms with Crippen LogP contribution < -0.4 is 5.32 Å². The van der Waals surface area contributed by atoms with Crippen molar-refractivity contribution in [1.82, 2.24) is 24.9 Å². The first-order valence-electron chi connectivity index (χ1n) is 12.4. The van der Waals surface area contributed by atoms with Crippen LogP contribution in [0.25, 0.3) is 5.69 Å². The van der Waals surface area contributed by atoms with E-state index in [0.717, 1.165) is 49.7 Å². The minimum atomic E-state index is 0.182. The van der Waals surface area contributed by atoms with Gasteiger partial charge in [0.25, 0.3) is 0 Å². The number of nitrogens with zero attached hydrogens (tertiary/aromatic N) is 5. The van der Waals surface area contributed by atoms with Gasteiger partial charge in [0, 0.05) is 57.6 Å². The second-order valence-corrected chi connectivity index (χ2v) is 10.7. The summed E-state index contributed by atoms with van der Waals surface area (Å²) in [7, 11) is 3.58. The van der Waals surface area contributed by atoms with Crippen LogP contribution in [0.1, 0.15) is 62.8 Å². The number of likely N-dealkylation sites (tertiary alicyclic amines) is 1. The van der Waals surface area contributed by atoms with E-state index in [4.69, 9.17) is 14.6 Å². The number of aryl methyl sites for hydroxylation is 1. The van der Waals surface area contributed by atoms with Crippen LogP contribution in [0.5, 0.6) is 0 Å². The number of nitrogens with one attached hydrogen (secondary N) is 1. The highest BCUT2D eigenvalue weighted by Crippen LogP contribution is 2.41. The second kappa shape index (κ2) is 9.31. The molecular formula is C25H38N6O2. The lowest BCUT2D eigenvalue weighted by Crippen LogP contribution is -2.40. The average Bonchev–Trinajstić information content (AvgIpc) is 3.47. The average molecular weight is 455 g/mol. The van der Waals surface area contributed by atoms with E-state index in [-0.39, 0.29) is 12.2 Å². The number of methoxy groups -OCH3 is 2. The number of rotatable bonds is 8. The van der Waals surface area contributed by atoms with Crippen molar-refractivity contribution in [2.45, 2.75) is 76.5 Å². The molecule has 8 nitrogen and oxygen atoms in total. The fourth-order valence-electron chi connectivity index (χ4n) is 5.71. The molecule has 33 heavy (non-hydrogen) atoms. The van der Waals surface area contributed by atoms with E-state index in [2.05, 4.69) is 51.1 Å². The maximum Gasteiger partial charge on any atom is 0.151 e. The first-order chi connectivity index (χ1) is 16.0. The van der Waals surface area contributed by atoms with E-state index >= 15 is 0 Å². The van der Waals surface area contributed by atoms with E-state index in [1.807, 2.05) is 6.20 Å². The molecule has 2 saturated carbocycles. The molecule has 8 heteroatoms. The summed E-state index contributed by atoms with van der Waals surface area (Å²) in [4.78, 5) is 2.52. The molecule has 2 atom stereocenters. The van der Waals surface area contributed by atoms with Crippen LogP contribution >= 0.6 is 0 Å². The molecule has 3 heterocycles. The van der Waals surface area contributed by atoms with Crippen LogP contribution in [-0.2, 0) is 9.47 Å². The van der Waals surface area contributed by atoms with Crippen LogP contribution in [0.2, 0.25) is 0 Å².